The lowest BCUT2D eigenvalue weighted by molar-refractivity contribution is 0.717. The predicted octanol–water partition coefficient (Wildman–Crippen LogP) is 6.34. The van der Waals surface area contributed by atoms with Crippen molar-refractivity contribution in [2.24, 2.45) is 0 Å². The Morgan fingerprint density at radius 3 is 2.47 bits per heavy atom. The Morgan fingerprint density at radius 2 is 1.70 bits per heavy atom. The summed E-state index contributed by atoms with van der Waals surface area (Å²) in [5.41, 5.74) is 7.96. The maximum Gasteiger partial charge on any atom is 0.153 e. The third kappa shape index (κ3) is 3.57. The Hall–Kier alpha value is -2.49. The van der Waals surface area contributed by atoms with Gasteiger partial charge in [-0.3, -0.25) is 0 Å². The molecule has 154 valence electrons. The maximum absolute atomic E-state index is 6.09. The number of aryl methyl sites for hydroxylation is 1. The summed E-state index contributed by atoms with van der Waals surface area (Å²) in [6.45, 7) is 7.14. The van der Waals surface area contributed by atoms with Gasteiger partial charge in [0.1, 0.15) is 0 Å². The van der Waals surface area contributed by atoms with E-state index in [1.54, 1.807) is 0 Å². The fourth-order valence-electron chi connectivity index (χ4n) is 4.45. The Morgan fingerprint density at radius 1 is 0.967 bits per heavy atom. The fraction of sp³-hybridized carbons (Fsp3) is 0.240. The molecule has 2 aromatic carbocycles. The SMILES string of the molecule is Cc1c(C)n(Cc2ccc(Cl)cc2)c2c(N3CCc4ccccc4C3)nccc12.Cl. The van der Waals surface area contributed by atoms with Crippen molar-refractivity contribution >= 4 is 40.7 Å². The highest BCUT2D eigenvalue weighted by Gasteiger charge is 2.22. The summed E-state index contributed by atoms with van der Waals surface area (Å²) >= 11 is 6.09. The van der Waals surface area contributed by atoms with E-state index in [-0.39, 0.29) is 12.4 Å². The van der Waals surface area contributed by atoms with Gasteiger partial charge in [-0.25, -0.2) is 4.98 Å². The van der Waals surface area contributed by atoms with Gasteiger partial charge in [-0.1, -0.05) is 48.0 Å². The van der Waals surface area contributed by atoms with Gasteiger partial charge in [-0.15, -0.1) is 12.4 Å². The standard InChI is InChI=1S/C25H24ClN3.ClH/c1-17-18(2)29(15-19-7-9-22(26)10-8-19)24-23(17)11-13-27-25(24)28-14-12-20-5-3-4-6-21(20)16-28;/h3-11,13H,12,14-16H2,1-2H3;1H. The van der Waals surface area contributed by atoms with Crippen LogP contribution in [0.25, 0.3) is 10.9 Å². The van der Waals surface area contributed by atoms with Crippen LogP contribution < -0.4 is 4.90 Å². The molecule has 0 saturated heterocycles. The molecule has 5 rings (SSSR count). The van der Waals surface area contributed by atoms with Crippen LogP contribution in [0.1, 0.15) is 27.9 Å². The zero-order valence-electron chi connectivity index (χ0n) is 17.2. The van der Waals surface area contributed by atoms with E-state index in [4.69, 9.17) is 16.6 Å². The van der Waals surface area contributed by atoms with Crippen LogP contribution in [-0.4, -0.2) is 16.1 Å². The molecule has 3 nitrogen and oxygen atoms in total. The van der Waals surface area contributed by atoms with Gasteiger partial charge in [0.15, 0.2) is 5.82 Å². The van der Waals surface area contributed by atoms with E-state index in [0.29, 0.717) is 0 Å². The normalized spacial score (nSPS) is 13.2. The second-order valence-corrected chi connectivity index (χ2v) is 8.33. The van der Waals surface area contributed by atoms with E-state index in [1.165, 1.54) is 38.9 Å². The highest BCUT2D eigenvalue weighted by molar-refractivity contribution is 6.30. The van der Waals surface area contributed by atoms with Crippen molar-refractivity contribution in [3.63, 3.8) is 0 Å². The number of pyridine rings is 1. The summed E-state index contributed by atoms with van der Waals surface area (Å²) < 4.78 is 2.41. The first kappa shape index (κ1) is 20.8. The molecule has 0 spiro atoms. The van der Waals surface area contributed by atoms with Crippen LogP contribution in [0, 0.1) is 13.8 Å². The monoisotopic (exact) mass is 437 g/mol. The van der Waals surface area contributed by atoms with Crippen molar-refractivity contribution in [1.82, 2.24) is 9.55 Å². The molecule has 0 N–H and O–H groups in total. The number of halogens is 2. The minimum atomic E-state index is 0. The van der Waals surface area contributed by atoms with Crippen molar-refractivity contribution in [1.29, 1.82) is 0 Å². The van der Waals surface area contributed by atoms with Crippen LogP contribution in [-0.2, 0) is 19.5 Å². The van der Waals surface area contributed by atoms with E-state index < -0.39 is 0 Å². The highest BCUT2D eigenvalue weighted by Crippen LogP contribution is 2.34. The van der Waals surface area contributed by atoms with E-state index in [1.807, 2.05) is 18.3 Å². The Balaban J connectivity index is 0.00000218. The minimum absolute atomic E-state index is 0. The molecular weight excluding hydrogens is 413 g/mol. The van der Waals surface area contributed by atoms with Crippen LogP contribution in [0.15, 0.2) is 60.8 Å². The first-order valence-corrected chi connectivity index (χ1v) is 10.5. The molecule has 0 saturated carbocycles. The first-order chi connectivity index (χ1) is 14.1. The van der Waals surface area contributed by atoms with Gasteiger partial charge >= 0.3 is 0 Å². The van der Waals surface area contributed by atoms with Gasteiger partial charge in [0.2, 0.25) is 0 Å². The summed E-state index contributed by atoms with van der Waals surface area (Å²) in [7, 11) is 0. The van der Waals surface area contributed by atoms with Crippen LogP contribution in [0.4, 0.5) is 5.82 Å². The molecule has 1 aliphatic heterocycles. The van der Waals surface area contributed by atoms with E-state index >= 15 is 0 Å². The molecule has 0 unspecified atom stereocenters. The van der Waals surface area contributed by atoms with Gasteiger partial charge in [0.05, 0.1) is 5.52 Å². The Labute approximate surface area is 188 Å². The van der Waals surface area contributed by atoms with Gasteiger partial charge in [0.25, 0.3) is 0 Å². The number of rotatable bonds is 3. The van der Waals surface area contributed by atoms with Crippen LogP contribution in [0.5, 0.6) is 0 Å². The predicted molar refractivity (Wildman–Crippen MR) is 128 cm³/mol. The van der Waals surface area contributed by atoms with Crippen LogP contribution >= 0.6 is 24.0 Å². The number of fused-ring (bicyclic) bond motifs is 2. The third-order valence-electron chi connectivity index (χ3n) is 6.21. The van der Waals surface area contributed by atoms with Crippen molar-refractivity contribution in [2.45, 2.75) is 33.4 Å². The molecule has 0 amide bonds. The molecule has 0 radical (unpaired) electrons. The molecule has 0 bridgehead atoms. The summed E-state index contributed by atoms with van der Waals surface area (Å²) in [6.07, 6.45) is 3.02. The molecule has 30 heavy (non-hydrogen) atoms. The summed E-state index contributed by atoms with van der Waals surface area (Å²) in [6, 6.07) is 19.1. The molecule has 0 aliphatic carbocycles. The van der Waals surface area contributed by atoms with Crippen molar-refractivity contribution in [3.05, 3.63) is 93.8 Å². The lowest BCUT2D eigenvalue weighted by atomic mass is 10.00. The lowest BCUT2D eigenvalue weighted by Gasteiger charge is -2.30. The van der Waals surface area contributed by atoms with Crippen LogP contribution in [0.3, 0.4) is 0 Å². The first-order valence-electron chi connectivity index (χ1n) is 10.1. The van der Waals surface area contributed by atoms with E-state index in [2.05, 4.69) is 65.8 Å². The second kappa shape index (κ2) is 8.33. The molecule has 5 heteroatoms. The summed E-state index contributed by atoms with van der Waals surface area (Å²) in [5.74, 6) is 1.09. The van der Waals surface area contributed by atoms with Crippen molar-refractivity contribution in [3.8, 4) is 0 Å². The van der Waals surface area contributed by atoms with E-state index in [0.717, 1.165) is 36.9 Å². The van der Waals surface area contributed by atoms with Crippen LogP contribution in [0.2, 0.25) is 5.02 Å². The number of hydrogen-bond acceptors (Lipinski definition) is 2. The molecule has 1 aliphatic rings. The van der Waals surface area contributed by atoms with Gasteiger partial charge in [-0.05, 0) is 60.7 Å². The zero-order valence-corrected chi connectivity index (χ0v) is 18.8. The quantitative estimate of drug-likeness (QED) is 0.372. The lowest BCUT2D eigenvalue weighted by Crippen LogP contribution is -2.31. The Bertz CT molecular complexity index is 1200. The fourth-order valence-corrected chi connectivity index (χ4v) is 4.58. The van der Waals surface area contributed by atoms with Crippen molar-refractivity contribution < 1.29 is 0 Å². The van der Waals surface area contributed by atoms with E-state index in [9.17, 15) is 0 Å². The topological polar surface area (TPSA) is 21.1 Å². The third-order valence-corrected chi connectivity index (χ3v) is 6.46. The molecule has 3 heterocycles. The molecule has 0 fully saturated rings. The second-order valence-electron chi connectivity index (χ2n) is 7.89. The average molecular weight is 438 g/mol. The average Bonchev–Trinajstić information content (AvgIpc) is 3.00. The van der Waals surface area contributed by atoms with Gasteiger partial charge in [0, 0.05) is 41.9 Å². The minimum Gasteiger partial charge on any atom is -0.350 e. The number of anilines is 1. The summed E-state index contributed by atoms with van der Waals surface area (Å²) in [5, 5.41) is 2.06. The molecule has 2 aromatic heterocycles. The largest absolute Gasteiger partial charge is 0.350 e. The molecule has 4 aromatic rings. The Kier molecular flexibility index (Phi) is 5.77. The van der Waals surface area contributed by atoms with Gasteiger partial charge < -0.3 is 9.47 Å². The smallest absolute Gasteiger partial charge is 0.153 e. The maximum atomic E-state index is 6.09. The molecule has 0 atom stereocenters. The zero-order chi connectivity index (χ0) is 20.0. The highest BCUT2D eigenvalue weighted by atomic mass is 35.5. The number of nitrogens with zero attached hydrogens (tertiary/aromatic N) is 3. The number of aromatic nitrogens is 2. The number of benzene rings is 2. The van der Waals surface area contributed by atoms with Gasteiger partial charge in [-0.2, -0.15) is 0 Å². The number of hydrogen-bond donors (Lipinski definition) is 0. The summed E-state index contributed by atoms with van der Waals surface area (Å²) in [4.78, 5) is 7.29. The van der Waals surface area contributed by atoms with Crippen molar-refractivity contribution in [2.75, 3.05) is 11.4 Å². The molecular formula is C25H25Cl2N3.